The van der Waals surface area contributed by atoms with E-state index in [0.29, 0.717) is 0 Å². The lowest BCUT2D eigenvalue weighted by molar-refractivity contribution is 1.02. The van der Waals surface area contributed by atoms with Gasteiger partial charge >= 0.3 is 0 Å². The highest BCUT2D eigenvalue weighted by molar-refractivity contribution is 5.35. The number of rotatable bonds is 2. The molecule has 0 amide bonds. The van der Waals surface area contributed by atoms with Crippen LogP contribution in [0.25, 0.3) is 0 Å². The maximum atomic E-state index is 4.05. The van der Waals surface area contributed by atoms with Crippen molar-refractivity contribution >= 4 is 0 Å². The average Bonchev–Trinajstić information content (AvgIpc) is 3.11. The molecule has 15 heavy (non-hydrogen) atoms. The Labute approximate surface area is 89.8 Å². The molecule has 0 unspecified atom stereocenters. The van der Waals surface area contributed by atoms with E-state index < -0.39 is 0 Å². The van der Waals surface area contributed by atoms with E-state index >= 15 is 0 Å². The first-order chi connectivity index (χ1) is 7.45. The number of nitrogens with zero attached hydrogens (tertiary/aromatic N) is 1. The molecule has 2 atom stereocenters. The van der Waals surface area contributed by atoms with Crippen molar-refractivity contribution in [2.75, 3.05) is 0 Å². The van der Waals surface area contributed by atoms with Crippen LogP contribution in [-0.2, 0) is 0 Å². The van der Waals surface area contributed by atoms with Gasteiger partial charge in [-0.15, -0.1) is 0 Å². The molecule has 0 saturated heterocycles. The van der Waals surface area contributed by atoms with Gasteiger partial charge in [-0.2, -0.15) is 0 Å². The van der Waals surface area contributed by atoms with Gasteiger partial charge < -0.3 is 0 Å². The minimum absolute atomic E-state index is 0.718. The summed E-state index contributed by atoms with van der Waals surface area (Å²) in [5.74, 6) is 1.45. The predicted molar refractivity (Wildman–Crippen MR) is 60.8 cm³/mol. The fourth-order valence-electron chi connectivity index (χ4n) is 2.24. The third kappa shape index (κ3) is 1.65. The SMILES string of the molecule is c1ccc([C@@H]2C[C@H]2c2ccncc2)cc1. The molecule has 0 N–H and O–H groups in total. The van der Waals surface area contributed by atoms with Crippen molar-refractivity contribution in [3.05, 3.63) is 66.0 Å². The summed E-state index contributed by atoms with van der Waals surface area (Å²) in [5.41, 5.74) is 2.90. The van der Waals surface area contributed by atoms with E-state index in [1.165, 1.54) is 17.5 Å². The van der Waals surface area contributed by atoms with Gasteiger partial charge in [0, 0.05) is 12.4 Å². The van der Waals surface area contributed by atoms with E-state index in [4.69, 9.17) is 0 Å². The number of aromatic nitrogens is 1. The first-order valence-electron chi connectivity index (χ1n) is 5.40. The molecule has 1 saturated carbocycles. The van der Waals surface area contributed by atoms with Crippen LogP contribution in [0.1, 0.15) is 29.4 Å². The number of benzene rings is 1. The van der Waals surface area contributed by atoms with Crippen LogP contribution in [0.4, 0.5) is 0 Å². The van der Waals surface area contributed by atoms with Crippen molar-refractivity contribution in [3.63, 3.8) is 0 Å². The van der Waals surface area contributed by atoms with Crippen LogP contribution < -0.4 is 0 Å². The molecule has 2 aromatic rings. The summed E-state index contributed by atoms with van der Waals surface area (Å²) in [6.45, 7) is 0. The van der Waals surface area contributed by atoms with Crippen molar-refractivity contribution < 1.29 is 0 Å². The fourth-order valence-corrected chi connectivity index (χ4v) is 2.24. The van der Waals surface area contributed by atoms with E-state index in [2.05, 4.69) is 47.4 Å². The van der Waals surface area contributed by atoms with Gasteiger partial charge in [-0.1, -0.05) is 30.3 Å². The van der Waals surface area contributed by atoms with Crippen LogP contribution in [0, 0.1) is 0 Å². The quantitative estimate of drug-likeness (QED) is 0.716. The Hall–Kier alpha value is -1.63. The molecule has 1 aliphatic rings. The summed E-state index contributed by atoms with van der Waals surface area (Å²) in [7, 11) is 0. The minimum atomic E-state index is 0.718. The van der Waals surface area contributed by atoms with Gasteiger partial charge in [-0.25, -0.2) is 0 Å². The van der Waals surface area contributed by atoms with Crippen LogP contribution >= 0.6 is 0 Å². The second kappa shape index (κ2) is 3.50. The van der Waals surface area contributed by atoms with Gasteiger partial charge in [0.2, 0.25) is 0 Å². The van der Waals surface area contributed by atoms with E-state index in [9.17, 15) is 0 Å². The summed E-state index contributed by atoms with van der Waals surface area (Å²) in [6.07, 6.45) is 5.06. The van der Waals surface area contributed by atoms with Crippen molar-refractivity contribution in [1.82, 2.24) is 4.98 Å². The molecule has 1 heteroatoms. The zero-order valence-corrected chi connectivity index (χ0v) is 8.51. The van der Waals surface area contributed by atoms with Crippen LogP contribution in [-0.4, -0.2) is 4.98 Å². The summed E-state index contributed by atoms with van der Waals surface area (Å²) in [5, 5.41) is 0. The van der Waals surface area contributed by atoms with Crippen molar-refractivity contribution in [2.24, 2.45) is 0 Å². The maximum absolute atomic E-state index is 4.05. The monoisotopic (exact) mass is 195 g/mol. The standard InChI is InChI=1S/C14H13N/c1-2-4-11(5-3-1)13-10-14(13)12-6-8-15-9-7-12/h1-9,13-14H,10H2/t13-,14-/m0/s1. The third-order valence-corrected chi connectivity index (χ3v) is 3.15. The zero-order valence-electron chi connectivity index (χ0n) is 8.51. The molecular weight excluding hydrogens is 182 g/mol. The molecule has 3 rings (SSSR count). The maximum Gasteiger partial charge on any atom is 0.0270 e. The van der Waals surface area contributed by atoms with E-state index in [1.54, 1.807) is 0 Å². The van der Waals surface area contributed by atoms with Crippen LogP contribution in [0.5, 0.6) is 0 Å². The molecule has 0 spiro atoms. The molecular formula is C14H13N. The fraction of sp³-hybridized carbons (Fsp3) is 0.214. The second-order valence-electron chi connectivity index (χ2n) is 4.14. The first-order valence-corrected chi connectivity index (χ1v) is 5.40. The molecule has 1 aromatic heterocycles. The lowest BCUT2D eigenvalue weighted by Gasteiger charge is -2.00. The predicted octanol–water partition coefficient (Wildman–Crippen LogP) is 3.35. The van der Waals surface area contributed by atoms with E-state index in [1.807, 2.05) is 12.4 Å². The van der Waals surface area contributed by atoms with Crippen LogP contribution in [0.3, 0.4) is 0 Å². The molecule has 1 heterocycles. The Kier molecular flexibility index (Phi) is 2.02. The highest BCUT2D eigenvalue weighted by Crippen LogP contribution is 2.54. The summed E-state index contributed by atoms with van der Waals surface area (Å²) < 4.78 is 0. The highest BCUT2D eigenvalue weighted by Gasteiger charge is 2.38. The van der Waals surface area contributed by atoms with Crippen molar-refractivity contribution in [2.45, 2.75) is 18.3 Å². The van der Waals surface area contributed by atoms with Gasteiger partial charge in [0.1, 0.15) is 0 Å². The lowest BCUT2D eigenvalue weighted by atomic mass is 10.1. The Morgan fingerprint density at radius 1 is 0.800 bits per heavy atom. The van der Waals surface area contributed by atoms with Gasteiger partial charge in [0.15, 0.2) is 0 Å². The molecule has 0 radical (unpaired) electrons. The molecule has 1 nitrogen and oxygen atoms in total. The normalized spacial score (nSPS) is 23.7. The highest BCUT2D eigenvalue weighted by atomic mass is 14.6. The Balaban J connectivity index is 1.81. The van der Waals surface area contributed by atoms with Crippen LogP contribution in [0.15, 0.2) is 54.9 Å². The Morgan fingerprint density at radius 3 is 2.07 bits per heavy atom. The minimum Gasteiger partial charge on any atom is -0.265 e. The van der Waals surface area contributed by atoms with Gasteiger partial charge in [-0.05, 0) is 41.5 Å². The third-order valence-electron chi connectivity index (χ3n) is 3.15. The van der Waals surface area contributed by atoms with Gasteiger partial charge in [0.05, 0.1) is 0 Å². The zero-order chi connectivity index (χ0) is 10.1. The second-order valence-corrected chi connectivity index (χ2v) is 4.14. The molecule has 1 fully saturated rings. The Morgan fingerprint density at radius 2 is 1.40 bits per heavy atom. The summed E-state index contributed by atoms with van der Waals surface area (Å²) in [6, 6.07) is 15.0. The summed E-state index contributed by atoms with van der Waals surface area (Å²) in [4.78, 5) is 4.05. The van der Waals surface area contributed by atoms with E-state index in [0.717, 1.165) is 11.8 Å². The molecule has 1 aliphatic carbocycles. The van der Waals surface area contributed by atoms with Crippen molar-refractivity contribution in [1.29, 1.82) is 0 Å². The van der Waals surface area contributed by atoms with Crippen molar-refractivity contribution in [3.8, 4) is 0 Å². The number of hydrogen-bond acceptors (Lipinski definition) is 1. The number of pyridine rings is 1. The van der Waals surface area contributed by atoms with Gasteiger partial charge in [0.25, 0.3) is 0 Å². The lowest BCUT2D eigenvalue weighted by Crippen LogP contribution is -1.84. The first kappa shape index (κ1) is 8.66. The van der Waals surface area contributed by atoms with Crippen LogP contribution in [0.2, 0.25) is 0 Å². The molecule has 1 aromatic carbocycles. The molecule has 74 valence electrons. The average molecular weight is 195 g/mol. The Bertz CT molecular complexity index is 392. The largest absolute Gasteiger partial charge is 0.265 e. The summed E-state index contributed by atoms with van der Waals surface area (Å²) >= 11 is 0. The molecule has 0 aliphatic heterocycles. The number of hydrogen-bond donors (Lipinski definition) is 0. The van der Waals surface area contributed by atoms with E-state index in [-0.39, 0.29) is 0 Å². The topological polar surface area (TPSA) is 12.9 Å². The van der Waals surface area contributed by atoms with Gasteiger partial charge in [-0.3, -0.25) is 4.98 Å². The smallest absolute Gasteiger partial charge is 0.0270 e. The molecule has 0 bridgehead atoms.